The molecule has 1 radical (unpaired) electrons. The van der Waals surface area contributed by atoms with Crippen LogP contribution in [-0.2, 0) is 10.1 Å². The highest BCUT2D eigenvalue weighted by Gasteiger charge is 2.12. The molecule has 49 valence electrons. The molecule has 2 N–H and O–H groups in total. The van der Waals surface area contributed by atoms with Crippen LogP contribution < -0.4 is 5.32 Å². The van der Waals surface area contributed by atoms with Crippen LogP contribution in [0.1, 0.15) is 6.92 Å². The molecule has 0 bridgehead atoms. The maximum absolute atomic E-state index is 10.0. The molecule has 0 aliphatic rings. The molecule has 5 heteroatoms. The van der Waals surface area contributed by atoms with Crippen molar-refractivity contribution in [2.24, 2.45) is 0 Å². The summed E-state index contributed by atoms with van der Waals surface area (Å²) in [4.78, 5) is 0. The third-order valence-corrected chi connectivity index (χ3v) is 1.79. The monoisotopic (exact) mass is 138 g/mol. The molecule has 0 aliphatic carbocycles. The van der Waals surface area contributed by atoms with Gasteiger partial charge < -0.3 is 0 Å². The van der Waals surface area contributed by atoms with E-state index in [4.69, 9.17) is 4.55 Å². The van der Waals surface area contributed by atoms with Crippen molar-refractivity contribution >= 4 is 10.1 Å². The van der Waals surface area contributed by atoms with Crippen LogP contribution >= 0.6 is 0 Å². The first-order chi connectivity index (χ1) is 3.48. The van der Waals surface area contributed by atoms with Gasteiger partial charge in [0.2, 0.25) is 0 Å². The zero-order valence-electron chi connectivity index (χ0n) is 4.46. The molecule has 0 aromatic carbocycles. The first-order valence-electron chi connectivity index (χ1n) is 1.97. The van der Waals surface area contributed by atoms with Crippen molar-refractivity contribution in [3.63, 3.8) is 0 Å². The number of hydrogen-bond donors (Lipinski definition) is 2. The van der Waals surface area contributed by atoms with Crippen molar-refractivity contribution < 1.29 is 13.0 Å². The predicted molar refractivity (Wildman–Crippen MR) is 29.5 cm³/mol. The fourth-order valence-corrected chi connectivity index (χ4v) is 0.316. The molecule has 0 aromatic heterocycles. The van der Waals surface area contributed by atoms with Crippen LogP contribution in [-0.4, -0.2) is 18.3 Å². The molecular weight excluding hydrogens is 130 g/mol. The van der Waals surface area contributed by atoms with Crippen molar-refractivity contribution in [2.75, 3.05) is 0 Å². The lowest BCUT2D eigenvalue weighted by atomic mass is 10.8. The Balaban J connectivity index is 4.04. The average Bonchev–Trinajstić information content (AvgIpc) is 1.62. The minimum atomic E-state index is -3.93. The topological polar surface area (TPSA) is 66.4 Å². The number of nitrogens with one attached hydrogen (secondary N) is 1. The summed E-state index contributed by atoms with van der Waals surface area (Å²) in [7, 11) is -0.864. The van der Waals surface area contributed by atoms with Gasteiger partial charge in [0.15, 0.2) is 0 Å². The SMILES string of the molecule is [CH2]NC(C)S(=O)(=O)O. The Hall–Kier alpha value is -0.130. The van der Waals surface area contributed by atoms with Crippen LogP contribution in [0.4, 0.5) is 0 Å². The fourth-order valence-electron chi connectivity index (χ4n) is 0.105. The number of rotatable bonds is 2. The molecule has 8 heavy (non-hydrogen) atoms. The van der Waals surface area contributed by atoms with Gasteiger partial charge in [-0.25, -0.2) is 0 Å². The second kappa shape index (κ2) is 2.43. The summed E-state index contributed by atoms with van der Waals surface area (Å²) in [6.07, 6.45) is 0. The molecule has 0 aliphatic heterocycles. The van der Waals surface area contributed by atoms with E-state index in [2.05, 4.69) is 12.4 Å². The van der Waals surface area contributed by atoms with E-state index >= 15 is 0 Å². The number of hydrogen-bond acceptors (Lipinski definition) is 3. The Morgan fingerprint density at radius 2 is 2.12 bits per heavy atom. The summed E-state index contributed by atoms with van der Waals surface area (Å²) in [5.74, 6) is 0. The summed E-state index contributed by atoms with van der Waals surface area (Å²) >= 11 is 0. The minimum Gasteiger partial charge on any atom is -0.298 e. The Kier molecular flexibility index (Phi) is 2.39. The minimum absolute atomic E-state index is 0.984. The first kappa shape index (κ1) is 7.87. The van der Waals surface area contributed by atoms with Gasteiger partial charge in [-0.15, -0.1) is 0 Å². The van der Waals surface area contributed by atoms with E-state index in [0.29, 0.717) is 0 Å². The van der Waals surface area contributed by atoms with Gasteiger partial charge in [0.1, 0.15) is 5.37 Å². The fraction of sp³-hybridized carbons (Fsp3) is 0.667. The zero-order valence-corrected chi connectivity index (χ0v) is 5.27. The molecular formula is C3H8NO3S. The molecule has 1 atom stereocenters. The molecule has 0 spiro atoms. The summed E-state index contributed by atoms with van der Waals surface area (Å²) < 4.78 is 28.2. The van der Waals surface area contributed by atoms with Crippen LogP contribution in [0.25, 0.3) is 0 Å². The van der Waals surface area contributed by atoms with Crippen LogP contribution in [0.5, 0.6) is 0 Å². The highest BCUT2D eigenvalue weighted by Crippen LogP contribution is 1.89. The maximum Gasteiger partial charge on any atom is 0.280 e. The molecule has 0 heterocycles. The average molecular weight is 138 g/mol. The van der Waals surface area contributed by atoms with Crippen molar-refractivity contribution in [1.82, 2.24) is 5.32 Å². The highest BCUT2D eigenvalue weighted by molar-refractivity contribution is 7.86. The molecule has 0 aromatic rings. The Morgan fingerprint density at radius 1 is 1.75 bits per heavy atom. The molecule has 0 saturated carbocycles. The van der Waals surface area contributed by atoms with Crippen LogP contribution in [0, 0.1) is 7.05 Å². The van der Waals surface area contributed by atoms with Gasteiger partial charge in [-0.1, -0.05) is 0 Å². The quantitative estimate of drug-likeness (QED) is 0.509. The summed E-state index contributed by atoms with van der Waals surface area (Å²) in [6, 6.07) is 0. The van der Waals surface area contributed by atoms with E-state index in [-0.39, 0.29) is 0 Å². The third kappa shape index (κ3) is 2.25. The highest BCUT2D eigenvalue weighted by atomic mass is 32.2. The third-order valence-electron chi connectivity index (χ3n) is 0.734. The van der Waals surface area contributed by atoms with E-state index in [1.807, 2.05) is 0 Å². The van der Waals surface area contributed by atoms with E-state index < -0.39 is 15.5 Å². The second-order valence-corrected chi connectivity index (χ2v) is 3.10. The lowest BCUT2D eigenvalue weighted by Crippen LogP contribution is -2.28. The van der Waals surface area contributed by atoms with Gasteiger partial charge in [0.05, 0.1) is 0 Å². The Labute approximate surface area is 48.6 Å². The van der Waals surface area contributed by atoms with Gasteiger partial charge >= 0.3 is 0 Å². The van der Waals surface area contributed by atoms with Gasteiger partial charge in [-0.2, -0.15) is 8.42 Å². The van der Waals surface area contributed by atoms with E-state index in [1.165, 1.54) is 6.92 Å². The lowest BCUT2D eigenvalue weighted by molar-refractivity contribution is 0.464. The standard InChI is InChI=1S/C3H8NO3S/c1-3(4-2)8(5,6)7/h3-4H,2H2,1H3,(H,5,6,7). The lowest BCUT2D eigenvalue weighted by Gasteiger charge is -2.02. The second-order valence-electron chi connectivity index (χ2n) is 1.36. The smallest absolute Gasteiger partial charge is 0.280 e. The first-order valence-corrected chi connectivity index (χ1v) is 3.47. The van der Waals surface area contributed by atoms with Crippen molar-refractivity contribution in [2.45, 2.75) is 12.3 Å². The summed E-state index contributed by atoms with van der Waals surface area (Å²) in [6.45, 7) is 1.29. The normalized spacial score (nSPS) is 15.9. The van der Waals surface area contributed by atoms with Crippen molar-refractivity contribution in [3.8, 4) is 0 Å². The molecule has 0 amide bonds. The summed E-state index contributed by atoms with van der Waals surface area (Å²) in [5.41, 5.74) is 0. The van der Waals surface area contributed by atoms with Crippen LogP contribution in [0.2, 0.25) is 0 Å². The molecule has 0 saturated heterocycles. The largest absolute Gasteiger partial charge is 0.298 e. The van der Waals surface area contributed by atoms with E-state index in [0.717, 1.165) is 0 Å². The zero-order chi connectivity index (χ0) is 6.78. The van der Waals surface area contributed by atoms with E-state index in [1.54, 1.807) is 0 Å². The van der Waals surface area contributed by atoms with Gasteiger partial charge in [0.25, 0.3) is 10.1 Å². The van der Waals surface area contributed by atoms with Gasteiger partial charge in [-0.3, -0.25) is 9.87 Å². The van der Waals surface area contributed by atoms with Crippen molar-refractivity contribution in [3.05, 3.63) is 7.05 Å². The molecule has 0 fully saturated rings. The van der Waals surface area contributed by atoms with Crippen molar-refractivity contribution in [1.29, 1.82) is 0 Å². The van der Waals surface area contributed by atoms with Crippen LogP contribution in [0.15, 0.2) is 0 Å². The van der Waals surface area contributed by atoms with Gasteiger partial charge in [0, 0.05) is 7.05 Å². The molecule has 1 unspecified atom stereocenters. The summed E-state index contributed by atoms with van der Waals surface area (Å²) in [5, 5.41) is 1.13. The Bertz CT molecular complexity index is 150. The van der Waals surface area contributed by atoms with Crippen LogP contribution in [0.3, 0.4) is 0 Å². The molecule has 4 nitrogen and oxygen atoms in total. The Morgan fingerprint density at radius 3 is 2.12 bits per heavy atom. The predicted octanol–water partition coefficient (Wildman–Crippen LogP) is -0.399. The molecule has 0 rings (SSSR count). The van der Waals surface area contributed by atoms with Gasteiger partial charge in [-0.05, 0) is 6.92 Å². The van der Waals surface area contributed by atoms with E-state index in [9.17, 15) is 8.42 Å². The maximum atomic E-state index is 10.0.